The summed E-state index contributed by atoms with van der Waals surface area (Å²) in [5.74, 6) is 0.401. The van der Waals surface area contributed by atoms with Gasteiger partial charge in [-0.2, -0.15) is 4.72 Å². The van der Waals surface area contributed by atoms with E-state index in [-0.39, 0.29) is 6.17 Å². The highest BCUT2D eigenvalue weighted by Crippen LogP contribution is 2.33. The van der Waals surface area contributed by atoms with Crippen molar-refractivity contribution in [2.45, 2.75) is 50.1 Å². The molecule has 0 radical (unpaired) electrons. The first-order valence-corrected chi connectivity index (χ1v) is 8.44. The van der Waals surface area contributed by atoms with Crippen molar-refractivity contribution in [3.8, 4) is 0 Å². The van der Waals surface area contributed by atoms with E-state index in [1.165, 1.54) is 19.3 Å². The van der Waals surface area contributed by atoms with E-state index in [2.05, 4.69) is 10.0 Å². The Morgan fingerprint density at radius 1 is 1.16 bits per heavy atom. The van der Waals surface area contributed by atoms with E-state index in [1.54, 1.807) is 6.07 Å². The third kappa shape index (κ3) is 2.49. The summed E-state index contributed by atoms with van der Waals surface area (Å²) in [5.41, 5.74) is 1.70. The smallest absolute Gasteiger partial charge is 0.244 e. The summed E-state index contributed by atoms with van der Waals surface area (Å²) in [7, 11) is -3.38. The lowest BCUT2D eigenvalue weighted by atomic mass is 9.87. The van der Waals surface area contributed by atoms with Crippen LogP contribution in [0.25, 0.3) is 0 Å². The van der Waals surface area contributed by atoms with Crippen molar-refractivity contribution in [1.82, 2.24) is 4.72 Å². The Morgan fingerprint density at radius 3 is 2.63 bits per heavy atom. The van der Waals surface area contributed by atoms with Gasteiger partial charge in [0.1, 0.15) is 4.90 Å². The van der Waals surface area contributed by atoms with Crippen LogP contribution in [0.3, 0.4) is 0 Å². The summed E-state index contributed by atoms with van der Waals surface area (Å²) >= 11 is 0. The SMILES string of the molecule is Cc1ccc2c(c1)S(=O)(=O)NC(C1CCCCC1)N2. The van der Waals surface area contributed by atoms with Gasteiger partial charge in [-0.1, -0.05) is 25.3 Å². The zero-order chi connectivity index (χ0) is 13.5. The molecular weight excluding hydrogens is 260 g/mol. The molecule has 1 fully saturated rings. The van der Waals surface area contributed by atoms with Crippen LogP contribution < -0.4 is 10.0 Å². The van der Waals surface area contributed by atoms with Gasteiger partial charge in [-0.15, -0.1) is 0 Å². The molecule has 1 heterocycles. The fraction of sp³-hybridized carbons (Fsp3) is 0.571. The third-order valence-corrected chi connectivity index (χ3v) is 5.62. The fourth-order valence-electron chi connectivity index (χ4n) is 3.08. The number of rotatable bonds is 1. The van der Waals surface area contributed by atoms with Crippen molar-refractivity contribution < 1.29 is 8.42 Å². The molecule has 4 nitrogen and oxygen atoms in total. The Kier molecular flexibility index (Phi) is 3.27. The summed E-state index contributed by atoms with van der Waals surface area (Å²) in [6.45, 7) is 1.91. The molecule has 2 N–H and O–H groups in total. The first kappa shape index (κ1) is 12.9. The number of sulfonamides is 1. The van der Waals surface area contributed by atoms with Crippen molar-refractivity contribution in [1.29, 1.82) is 0 Å². The third-order valence-electron chi connectivity index (χ3n) is 4.14. The molecule has 2 aliphatic rings. The lowest BCUT2D eigenvalue weighted by molar-refractivity contribution is 0.306. The number of hydrogen-bond donors (Lipinski definition) is 2. The summed E-state index contributed by atoms with van der Waals surface area (Å²) in [5, 5.41) is 3.36. The summed E-state index contributed by atoms with van der Waals surface area (Å²) in [6, 6.07) is 5.55. The van der Waals surface area contributed by atoms with Crippen LogP contribution in [0.15, 0.2) is 23.1 Å². The van der Waals surface area contributed by atoms with Crippen molar-refractivity contribution in [3.05, 3.63) is 23.8 Å². The summed E-state index contributed by atoms with van der Waals surface area (Å²) in [4.78, 5) is 0.375. The molecule has 1 aromatic carbocycles. The van der Waals surface area contributed by atoms with E-state index in [1.807, 2.05) is 19.1 Å². The van der Waals surface area contributed by atoms with Crippen molar-refractivity contribution in [2.75, 3.05) is 5.32 Å². The molecule has 0 amide bonds. The Hall–Kier alpha value is -1.07. The predicted octanol–water partition coefficient (Wildman–Crippen LogP) is 2.61. The normalized spacial score (nSPS) is 26.5. The van der Waals surface area contributed by atoms with E-state index in [0.29, 0.717) is 10.8 Å². The van der Waals surface area contributed by atoms with Crippen LogP contribution in [0.1, 0.15) is 37.7 Å². The molecule has 0 saturated heterocycles. The minimum absolute atomic E-state index is 0.152. The molecule has 1 aromatic rings. The molecule has 1 saturated carbocycles. The Morgan fingerprint density at radius 2 is 1.89 bits per heavy atom. The van der Waals surface area contributed by atoms with E-state index >= 15 is 0 Å². The molecule has 0 aromatic heterocycles. The first-order chi connectivity index (χ1) is 9.06. The second kappa shape index (κ2) is 4.80. The Balaban J connectivity index is 1.92. The van der Waals surface area contributed by atoms with Crippen molar-refractivity contribution in [3.63, 3.8) is 0 Å². The maximum Gasteiger partial charge on any atom is 0.244 e. The molecular formula is C14H20N2O2S. The highest BCUT2D eigenvalue weighted by molar-refractivity contribution is 7.89. The molecule has 19 heavy (non-hydrogen) atoms. The second-order valence-corrected chi connectivity index (χ2v) is 7.32. The molecule has 3 rings (SSSR count). The van der Waals surface area contributed by atoms with Gasteiger partial charge in [0, 0.05) is 0 Å². The molecule has 5 heteroatoms. The van der Waals surface area contributed by atoms with Gasteiger partial charge < -0.3 is 5.32 Å². The molecule has 104 valence electrons. The van der Waals surface area contributed by atoms with Gasteiger partial charge in [0.25, 0.3) is 0 Å². The second-order valence-electron chi connectivity index (χ2n) is 5.64. The quantitative estimate of drug-likeness (QED) is 0.831. The Bertz CT molecular complexity index is 577. The molecule has 1 aliphatic heterocycles. The molecule has 1 atom stereocenters. The van der Waals surface area contributed by atoms with Crippen LogP contribution in [0.4, 0.5) is 5.69 Å². The van der Waals surface area contributed by atoms with Crippen LogP contribution in [-0.4, -0.2) is 14.6 Å². The number of hydrogen-bond acceptors (Lipinski definition) is 3. The average Bonchev–Trinajstić information content (AvgIpc) is 2.40. The van der Waals surface area contributed by atoms with Crippen LogP contribution in [0.2, 0.25) is 0 Å². The number of fused-ring (bicyclic) bond motifs is 1. The zero-order valence-corrected chi connectivity index (χ0v) is 12.0. The van der Waals surface area contributed by atoms with E-state index in [4.69, 9.17) is 0 Å². The Labute approximate surface area is 114 Å². The maximum atomic E-state index is 12.3. The lowest BCUT2D eigenvalue weighted by Crippen LogP contribution is -2.49. The summed E-state index contributed by atoms with van der Waals surface area (Å²) in [6.07, 6.45) is 5.71. The topological polar surface area (TPSA) is 58.2 Å². The number of aryl methyl sites for hydroxylation is 1. The molecule has 0 bridgehead atoms. The summed E-state index contributed by atoms with van der Waals surface area (Å²) < 4.78 is 27.5. The van der Waals surface area contributed by atoms with E-state index in [0.717, 1.165) is 24.1 Å². The van der Waals surface area contributed by atoms with Crippen LogP contribution in [-0.2, 0) is 10.0 Å². The highest BCUT2D eigenvalue weighted by atomic mass is 32.2. The number of nitrogens with one attached hydrogen (secondary N) is 2. The van der Waals surface area contributed by atoms with Gasteiger partial charge in [0.05, 0.1) is 11.9 Å². The fourth-order valence-corrected chi connectivity index (χ4v) is 4.55. The number of benzene rings is 1. The van der Waals surface area contributed by atoms with Crippen molar-refractivity contribution >= 4 is 15.7 Å². The first-order valence-electron chi connectivity index (χ1n) is 6.96. The highest BCUT2D eigenvalue weighted by Gasteiger charge is 2.34. The standard InChI is InChI=1S/C14H20N2O2S/c1-10-7-8-12-13(9-10)19(17,18)16-14(15-12)11-5-3-2-4-6-11/h7-9,11,14-16H,2-6H2,1H3. The number of anilines is 1. The van der Waals surface area contributed by atoms with Gasteiger partial charge >= 0.3 is 0 Å². The van der Waals surface area contributed by atoms with Crippen LogP contribution >= 0.6 is 0 Å². The molecule has 1 aliphatic carbocycles. The van der Waals surface area contributed by atoms with Gasteiger partial charge in [-0.05, 0) is 43.4 Å². The monoisotopic (exact) mass is 280 g/mol. The van der Waals surface area contributed by atoms with Gasteiger partial charge in [0.15, 0.2) is 0 Å². The minimum Gasteiger partial charge on any atom is -0.368 e. The van der Waals surface area contributed by atoms with Gasteiger partial charge in [-0.25, -0.2) is 8.42 Å². The van der Waals surface area contributed by atoms with Crippen LogP contribution in [0.5, 0.6) is 0 Å². The molecule has 1 unspecified atom stereocenters. The van der Waals surface area contributed by atoms with E-state index < -0.39 is 10.0 Å². The van der Waals surface area contributed by atoms with Crippen LogP contribution in [0, 0.1) is 12.8 Å². The van der Waals surface area contributed by atoms with Crippen molar-refractivity contribution in [2.24, 2.45) is 5.92 Å². The maximum absolute atomic E-state index is 12.3. The zero-order valence-electron chi connectivity index (χ0n) is 11.1. The minimum atomic E-state index is -3.38. The largest absolute Gasteiger partial charge is 0.368 e. The van der Waals surface area contributed by atoms with Gasteiger partial charge in [-0.3, -0.25) is 0 Å². The lowest BCUT2D eigenvalue weighted by Gasteiger charge is -2.35. The van der Waals surface area contributed by atoms with E-state index in [9.17, 15) is 8.42 Å². The average molecular weight is 280 g/mol. The van der Waals surface area contributed by atoms with Gasteiger partial charge in [0.2, 0.25) is 10.0 Å². The predicted molar refractivity (Wildman–Crippen MR) is 75.5 cm³/mol. The molecule has 0 spiro atoms.